The predicted octanol–water partition coefficient (Wildman–Crippen LogP) is 4.65. The lowest BCUT2D eigenvalue weighted by Gasteiger charge is -2.08. The van der Waals surface area contributed by atoms with E-state index in [-0.39, 0.29) is 0 Å². The van der Waals surface area contributed by atoms with Gasteiger partial charge in [-0.1, -0.05) is 53.0 Å². The van der Waals surface area contributed by atoms with E-state index >= 15 is 0 Å². The first-order chi connectivity index (χ1) is 8.16. The van der Waals surface area contributed by atoms with Gasteiger partial charge in [0.25, 0.3) is 0 Å². The average Bonchev–Trinajstić information content (AvgIpc) is 2.31. The molecule has 1 aromatic heterocycles. The number of nitrogens with zero attached hydrogens (tertiary/aromatic N) is 1. The Morgan fingerprint density at radius 2 is 1.76 bits per heavy atom. The van der Waals surface area contributed by atoms with E-state index in [1.165, 1.54) is 0 Å². The Morgan fingerprint density at radius 1 is 1.00 bits per heavy atom. The molecule has 0 aliphatic rings. The molecule has 0 fully saturated rings. The fraction of sp³-hybridized carbons (Fsp3) is 0.0833. The van der Waals surface area contributed by atoms with Gasteiger partial charge in [0.15, 0.2) is 0 Å². The largest absolute Gasteiger partial charge is 0.366 e. The lowest BCUT2D eigenvalue weighted by molar-refractivity contribution is 1.11. The molecular weight excluding hydrogens is 279 g/mol. The molecule has 1 heterocycles. The van der Waals surface area contributed by atoms with Crippen molar-refractivity contribution in [1.82, 2.24) is 4.98 Å². The summed E-state index contributed by atoms with van der Waals surface area (Å²) in [4.78, 5) is 4.12. The first-order valence-corrected chi connectivity index (χ1v) is 6.09. The number of rotatable bonds is 3. The normalized spacial score (nSPS) is 10.3. The number of halogens is 3. The van der Waals surface area contributed by atoms with E-state index in [2.05, 4.69) is 10.3 Å². The van der Waals surface area contributed by atoms with Crippen LogP contribution in [0, 0.1) is 0 Å². The van der Waals surface area contributed by atoms with Crippen LogP contribution in [-0.4, -0.2) is 4.98 Å². The maximum absolute atomic E-state index is 6.07. The van der Waals surface area contributed by atoms with Crippen molar-refractivity contribution in [3.05, 3.63) is 57.2 Å². The molecule has 5 heteroatoms. The molecule has 0 bridgehead atoms. The topological polar surface area (TPSA) is 24.9 Å². The van der Waals surface area contributed by atoms with Crippen molar-refractivity contribution in [2.75, 3.05) is 5.32 Å². The maximum atomic E-state index is 6.07. The van der Waals surface area contributed by atoms with E-state index in [1.54, 1.807) is 12.1 Å². The Bertz CT molecular complexity index is 529. The van der Waals surface area contributed by atoms with Crippen LogP contribution in [0.25, 0.3) is 0 Å². The van der Waals surface area contributed by atoms with Gasteiger partial charge in [0.1, 0.15) is 11.0 Å². The van der Waals surface area contributed by atoms with Gasteiger partial charge in [0.05, 0.1) is 10.0 Å². The Labute approximate surface area is 115 Å². The van der Waals surface area contributed by atoms with E-state index in [1.807, 2.05) is 24.3 Å². The Kier molecular flexibility index (Phi) is 4.11. The van der Waals surface area contributed by atoms with Crippen LogP contribution in [0.15, 0.2) is 36.4 Å². The van der Waals surface area contributed by atoms with Crippen molar-refractivity contribution in [2.45, 2.75) is 6.54 Å². The van der Waals surface area contributed by atoms with E-state index in [4.69, 9.17) is 34.8 Å². The first-order valence-electron chi connectivity index (χ1n) is 4.96. The molecule has 2 aromatic rings. The maximum Gasteiger partial charge on any atom is 0.131 e. The van der Waals surface area contributed by atoms with E-state index in [0.717, 1.165) is 5.56 Å². The first kappa shape index (κ1) is 12.5. The number of hydrogen-bond donors (Lipinski definition) is 1. The lowest BCUT2D eigenvalue weighted by atomic mass is 10.2. The van der Waals surface area contributed by atoms with Crippen LogP contribution in [0.1, 0.15) is 5.56 Å². The van der Waals surface area contributed by atoms with Crippen molar-refractivity contribution in [3.63, 3.8) is 0 Å². The molecule has 0 saturated heterocycles. The minimum Gasteiger partial charge on any atom is -0.366 e. The number of anilines is 1. The van der Waals surface area contributed by atoms with Crippen LogP contribution < -0.4 is 5.32 Å². The van der Waals surface area contributed by atoms with E-state index in [9.17, 15) is 0 Å². The van der Waals surface area contributed by atoms with Crippen LogP contribution >= 0.6 is 34.8 Å². The van der Waals surface area contributed by atoms with Crippen molar-refractivity contribution in [3.8, 4) is 0 Å². The zero-order valence-electron chi connectivity index (χ0n) is 8.75. The predicted molar refractivity (Wildman–Crippen MR) is 73.0 cm³/mol. The van der Waals surface area contributed by atoms with Crippen molar-refractivity contribution in [1.29, 1.82) is 0 Å². The van der Waals surface area contributed by atoms with E-state index < -0.39 is 0 Å². The molecule has 2 rings (SSSR count). The molecular formula is C12H9Cl3N2. The average molecular weight is 288 g/mol. The standard InChI is InChI=1S/C12H9Cl3N2/c13-9-4-1-3-8(12(9)15)7-16-11-6-2-5-10(14)17-11/h1-6H,7H2,(H,16,17). The van der Waals surface area contributed by atoms with Gasteiger partial charge in [-0.2, -0.15) is 0 Å². The van der Waals surface area contributed by atoms with Crippen molar-refractivity contribution < 1.29 is 0 Å². The summed E-state index contributed by atoms with van der Waals surface area (Å²) < 4.78 is 0. The highest BCUT2D eigenvalue weighted by Crippen LogP contribution is 2.26. The highest BCUT2D eigenvalue weighted by atomic mass is 35.5. The van der Waals surface area contributed by atoms with Gasteiger partial charge in [-0.3, -0.25) is 0 Å². The molecule has 2 nitrogen and oxygen atoms in total. The molecule has 17 heavy (non-hydrogen) atoms. The second-order valence-corrected chi connectivity index (χ2v) is 4.58. The van der Waals surface area contributed by atoms with Gasteiger partial charge < -0.3 is 5.32 Å². The zero-order valence-corrected chi connectivity index (χ0v) is 11.0. The number of aromatic nitrogens is 1. The minimum absolute atomic E-state index is 0.451. The third kappa shape index (κ3) is 3.25. The Balaban J connectivity index is 2.10. The summed E-state index contributed by atoms with van der Waals surface area (Å²) in [6.07, 6.45) is 0. The Hall–Kier alpha value is -0.960. The molecule has 0 aliphatic heterocycles. The second kappa shape index (κ2) is 5.58. The SMILES string of the molecule is Clc1cccc(NCc2cccc(Cl)c2Cl)n1. The molecule has 0 saturated carbocycles. The van der Waals surface area contributed by atoms with Crippen molar-refractivity contribution >= 4 is 40.6 Å². The lowest BCUT2D eigenvalue weighted by Crippen LogP contribution is -2.01. The summed E-state index contributed by atoms with van der Waals surface area (Å²) in [6.45, 7) is 0.548. The molecule has 0 amide bonds. The quantitative estimate of drug-likeness (QED) is 0.831. The monoisotopic (exact) mass is 286 g/mol. The summed E-state index contributed by atoms with van der Waals surface area (Å²) >= 11 is 17.8. The van der Waals surface area contributed by atoms with Crippen LogP contribution in [0.3, 0.4) is 0 Å². The molecule has 0 aliphatic carbocycles. The van der Waals surface area contributed by atoms with Gasteiger partial charge in [-0.25, -0.2) is 4.98 Å². The fourth-order valence-electron chi connectivity index (χ4n) is 1.38. The molecule has 0 unspecified atom stereocenters. The van der Waals surface area contributed by atoms with Gasteiger partial charge in [-0.05, 0) is 23.8 Å². The minimum atomic E-state index is 0.451. The summed E-state index contributed by atoms with van der Waals surface area (Å²) in [5, 5.41) is 4.69. The number of hydrogen-bond acceptors (Lipinski definition) is 2. The van der Waals surface area contributed by atoms with Gasteiger partial charge >= 0.3 is 0 Å². The fourth-order valence-corrected chi connectivity index (χ4v) is 1.93. The number of benzene rings is 1. The number of pyridine rings is 1. The molecule has 1 N–H and O–H groups in total. The highest BCUT2D eigenvalue weighted by Gasteiger charge is 2.04. The molecule has 0 spiro atoms. The third-order valence-electron chi connectivity index (χ3n) is 2.21. The van der Waals surface area contributed by atoms with E-state index in [0.29, 0.717) is 27.6 Å². The summed E-state index contributed by atoms with van der Waals surface area (Å²) in [7, 11) is 0. The highest BCUT2D eigenvalue weighted by molar-refractivity contribution is 6.42. The van der Waals surface area contributed by atoms with Crippen LogP contribution in [0.4, 0.5) is 5.82 Å². The second-order valence-electron chi connectivity index (χ2n) is 3.41. The van der Waals surface area contributed by atoms with Gasteiger partial charge in [0, 0.05) is 6.54 Å². The Morgan fingerprint density at radius 3 is 2.53 bits per heavy atom. The van der Waals surface area contributed by atoms with Crippen LogP contribution in [-0.2, 0) is 6.54 Å². The van der Waals surface area contributed by atoms with Crippen LogP contribution in [0.2, 0.25) is 15.2 Å². The summed E-state index contributed by atoms with van der Waals surface area (Å²) in [5.74, 6) is 0.702. The molecule has 0 atom stereocenters. The van der Waals surface area contributed by atoms with Gasteiger partial charge in [0.2, 0.25) is 0 Å². The zero-order chi connectivity index (χ0) is 12.3. The number of nitrogens with one attached hydrogen (secondary N) is 1. The summed E-state index contributed by atoms with van der Waals surface area (Å²) in [5.41, 5.74) is 0.918. The van der Waals surface area contributed by atoms with Crippen LogP contribution in [0.5, 0.6) is 0 Å². The van der Waals surface area contributed by atoms with Gasteiger partial charge in [-0.15, -0.1) is 0 Å². The summed E-state index contributed by atoms with van der Waals surface area (Å²) in [6, 6.07) is 10.9. The third-order valence-corrected chi connectivity index (χ3v) is 3.28. The molecule has 0 radical (unpaired) electrons. The smallest absolute Gasteiger partial charge is 0.131 e. The van der Waals surface area contributed by atoms with Crippen molar-refractivity contribution in [2.24, 2.45) is 0 Å². The molecule has 1 aromatic carbocycles. The molecule has 88 valence electrons.